The van der Waals surface area contributed by atoms with Crippen molar-refractivity contribution in [1.82, 2.24) is 18.8 Å². The fourth-order valence-corrected chi connectivity index (χ4v) is 4.54. The molecular weight excluding hydrogens is 418 g/mol. The molecule has 0 amide bonds. The Morgan fingerprint density at radius 1 is 1.34 bits per heavy atom. The summed E-state index contributed by atoms with van der Waals surface area (Å²) in [4.78, 5) is 21.5. The van der Waals surface area contributed by atoms with Gasteiger partial charge >= 0.3 is 0 Å². The van der Waals surface area contributed by atoms with E-state index in [0.29, 0.717) is 73.7 Å². The summed E-state index contributed by atoms with van der Waals surface area (Å²) in [6, 6.07) is 1.62. The van der Waals surface area contributed by atoms with Gasteiger partial charge < -0.3 is 15.0 Å². The van der Waals surface area contributed by atoms with Crippen molar-refractivity contribution in [1.29, 1.82) is 0 Å². The zero-order valence-electron chi connectivity index (χ0n) is 16.1. The molecule has 2 aromatic rings. The number of aliphatic hydroxyl groups is 1. The van der Waals surface area contributed by atoms with Crippen molar-refractivity contribution in [3.8, 4) is 0 Å². The summed E-state index contributed by atoms with van der Waals surface area (Å²) in [5.74, 6) is 0.851. The number of pyridine rings is 1. The van der Waals surface area contributed by atoms with Crippen LogP contribution < -0.4 is 10.9 Å². The van der Waals surface area contributed by atoms with Crippen molar-refractivity contribution in [3.05, 3.63) is 28.2 Å². The predicted molar refractivity (Wildman–Crippen MR) is 112 cm³/mol. The maximum Gasteiger partial charge on any atom is 0.257 e. The second-order valence-electron chi connectivity index (χ2n) is 7.02. The lowest BCUT2D eigenvalue weighted by Gasteiger charge is -2.30. The molecule has 0 aromatic carbocycles. The van der Waals surface area contributed by atoms with Gasteiger partial charge in [-0.25, -0.2) is 17.7 Å². The zero-order chi connectivity index (χ0) is 21.0. The standard InChI is InChI=1S/C17H25N5O5S2/c1-29(26,27)21-6-3-14(4-7-21)19-17-18-10-12-9-13(11-23)16(24)22(15(12)20-17)5-2-8-28-25/h9-10,14,23,25H,2-8,11H2,1H3,(H,18,19,20). The molecule has 3 rings (SSSR count). The van der Waals surface area contributed by atoms with Crippen LogP contribution in [0.2, 0.25) is 0 Å². The van der Waals surface area contributed by atoms with E-state index in [4.69, 9.17) is 4.55 Å². The molecule has 1 aliphatic rings. The molecule has 3 N–H and O–H groups in total. The highest BCUT2D eigenvalue weighted by molar-refractivity contribution is 7.93. The summed E-state index contributed by atoms with van der Waals surface area (Å²) in [5.41, 5.74) is 0.418. The second kappa shape index (κ2) is 9.39. The smallest absolute Gasteiger partial charge is 0.257 e. The molecule has 1 fully saturated rings. The van der Waals surface area contributed by atoms with Crippen LogP contribution in [0, 0.1) is 0 Å². The fraction of sp³-hybridized carbons (Fsp3) is 0.588. The van der Waals surface area contributed by atoms with Gasteiger partial charge in [-0.3, -0.25) is 9.36 Å². The van der Waals surface area contributed by atoms with E-state index in [0.717, 1.165) is 0 Å². The first-order valence-electron chi connectivity index (χ1n) is 9.32. The third kappa shape index (κ3) is 5.25. The van der Waals surface area contributed by atoms with Crippen LogP contribution in [0.1, 0.15) is 24.8 Å². The first kappa shape index (κ1) is 22.0. The number of fused-ring (bicyclic) bond motifs is 1. The lowest BCUT2D eigenvalue weighted by Crippen LogP contribution is -2.42. The Labute approximate surface area is 173 Å². The van der Waals surface area contributed by atoms with Crippen LogP contribution in [-0.2, 0) is 23.2 Å². The average molecular weight is 444 g/mol. The van der Waals surface area contributed by atoms with Crippen molar-refractivity contribution in [2.24, 2.45) is 0 Å². The van der Waals surface area contributed by atoms with Gasteiger partial charge in [0.2, 0.25) is 16.0 Å². The molecule has 10 nitrogen and oxygen atoms in total. The van der Waals surface area contributed by atoms with Gasteiger partial charge in [0, 0.05) is 48.6 Å². The summed E-state index contributed by atoms with van der Waals surface area (Å²) in [5, 5.41) is 13.3. The van der Waals surface area contributed by atoms with Gasteiger partial charge in [-0.1, -0.05) is 0 Å². The van der Waals surface area contributed by atoms with Crippen molar-refractivity contribution in [3.63, 3.8) is 0 Å². The molecule has 0 unspecified atom stereocenters. The molecule has 2 aromatic heterocycles. The van der Waals surface area contributed by atoms with E-state index in [-0.39, 0.29) is 23.8 Å². The van der Waals surface area contributed by atoms with E-state index in [9.17, 15) is 18.3 Å². The average Bonchev–Trinajstić information content (AvgIpc) is 2.69. The number of sulfonamides is 1. The van der Waals surface area contributed by atoms with E-state index in [2.05, 4.69) is 15.3 Å². The number of anilines is 1. The predicted octanol–water partition coefficient (Wildman–Crippen LogP) is 0.716. The number of aliphatic hydroxyl groups excluding tert-OH is 1. The third-order valence-corrected chi connectivity index (χ3v) is 6.72. The van der Waals surface area contributed by atoms with Crippen LogP contribution in [0.25, 0.3) is 11.0 Å². The Bertz CT molecular complexity index is 1020. The minimum Gasteiger partial charge on any atom is -0.391 e. The molecule has 3 heterocycles. The van der Waals surface area contributed by atoms with Gasteiger partial charge in [-0.05, 0) is 37.4 Å². The number of hydrogen-bond donors (Lipinski definition) is 3. The maximum atomic E-state index is 12.6. The first-order chi connectivity index (χ1) is 13.8. The third-order valence-electron chi connectivity index (χ3n) is 4.95. The SMILES string of the molecule is CS(=O)(=O)N1CCC(Nc2ncc3cc(CO)c(=O)n(CCCSO)c3n2)CC1. The van der Waals surface area contributed by atoms with Crippen LogP contribution in [-0.4, -0.2) is 68.1 Å². The summed E-state index contributed by atoms with van der Waals surface area (Å²) >= 11 is 0.714. The van der Waals surface area contributed by atoms with Crippen LogP contribution in [0.5, 0.6) is 0 Å². The molecule has 0 atom stereocenters. The van der Waals surface area contributed by atoms with Crippen molar-refractivity contribution in [2.75, 3.05) is 30.4 Å². The number of nitrogens with zero attached hydrogens (tertiary/aromatic N) is 4. The highest BCUT2D eigenvalue weighted by Gasteiger charge is 2.25. The number of piperidine rings is 1. The van der Waals surface area contributed by atoms with E-state index in [1.807, 2.05) is 0 Å². The monoisotopic (exact) mass is 443 g/mol. The number of aromatic nitrogens is 3. The molecule has 0 radical (unpaired) electrons. The second-order valence-corrected chi connectivity index (χ2v) is 9.67. The fourth-order valence-electron chi connectivity index (χ4n) is 3.41. The molecule has 160 valence electrons. The minimum atomic E-state index is -3.18. The molecular formula is C17H25N5O5S2. The lowest BCUT2D eigenvalue weighted by atomic mass is 10.1. The Morgan fingerprint density at radius 3 is 2.69 bits per heavy atom. The molecule has 0 spiro atoms. The van der Waals surface area contributed by atoms with Gasteiger partial charge in [0.25, 0.3) is 5.56 Å². The summed E-state index contributed by atoms with van der Waals surface area (Å²) in [6.45, 7) is 0.864. The van der Waals surface area contributed by atoms with Gasteiger partial charge in [0.15, 0.2) is 0 Å². The maximum absolute atomic E-state index is 12.6. The normalized spacial score (nSPS) is 16.4. The number of hydrogen-bond acceptors (Lipinski definition) is 9. The Kier molecular flexibility index (Phi) is 7.11. The Morgan fingerprint density at radius 2 is 2.07 bits per heavy atom. The first-order valence-corrected chi connectivity index (χ1v) is 12.1. The van der Waals surface area contributed by atoms with Crippen LogP contribution in [0.4, 0.5) is 5.95 Å². The highest BCUT2D eigenvalue weighted by atomic mass is 32.2. The Hall–Kier alpha value is -1.73. The highest BCUT2D eigenvalue weighted by Crippen LogP contribution is 2.18. The van der Waals surface area contributed by atoms with E-state index in [1.165, 1.54) is 15.1 Å². The van der Waals surface area contributed by atoms with Gasteiger partial charge in [0.1, 0.15) is 5.65 Å². The largest absolute Gasteiger partial charge is 0.391 e. The summed E-state index contributed by atoms with van der Waals surface area (Å²) in [6.07, 6.45) is 4.66. The molecule has 29 heavy (non-hydrogen) atoms. The van der Waals surface area contributed by atoms with E-state index >= 15 is 0 Å². The van der Waals surface area contributed by atoms with Crippen LogP contribution in [0.15, 0.2) is 17.1 Å². The van der Waals surface area contributed by atoms with Gasteiger partial charge in [-0.15, -0.1) is 0 Å². The van der Waals surface area contributed by atoms with Crippen LogP contribution >= 0.6 is 12.0 Å². The minimum absolute atomic E-state index is 0.0353. The molecule has 0 aliphatic carbocycles. The summed E-state index contributed by atoms with van der Waals surface area (Å²) in [7, 11) is -3.18. The van der Waals surface area contributed by atoms with E-state index < -0.39 is 10.0 Å². The molecule has 1 saturated heterocycles. The number of rotatable bonds is 8. The Balaban J connectivity index is 1.83. The van der Waals surface area contributed by atoms with Crippen LogP contribution in [0.3, 0.4) is 0 Å². The van der Waals surface area contributed by atoms with Gasteiger partial charge in [0.05, 0.1) is 12.9 Å². The molecule has 0 saturated carbocycles. The molecule has 1 aliphatic heterocycles. The zero-order valence-corrected chi connectivity index (χ0v) is 17.7. The molecule has 0 bridgehead atoms. The van der Waals surface area contributed by atoms with Crippen molar-refractivity contribution < 1.29 is 18.1 Å². The van der Waals surface area contributed by atoms with Crippen molar-refractivity contribution >= 4 is 39.0 Å². The van der Waals surface area contributed by atoms with Crippen molar-refractivity contribution in [2.45, 2.75) is 38.5 Å². The number of aryl methyl sites for hydroxylation is 1. The quantitative estimate of drug-likeness (QED) is 0.398. The lowest BCUT2D eigenvalue weighted by molar-refractivity contribution is 0.279. The summed E-state index contributed by atoms with van der Waals surface area (Å²) < 4.78 is 35.2. The van der Waals surface area contributed by atoms with Gasteiger partial charge in [-0.2, -0.15) is 4.98 Å². The molecule has 12 heteroatoms. The van der Waals surface area contributed by atoms with E-state index in [1.54, 1.807) is 12.3 Å². The number of nitrogens with one attached hydrogen (secondary N) is 1. The topological polar surface area (TPSA) is 138 Å².